The van der Waals surface area contributed by atoms with Crippen molar-refractivity contribution in [3.05, 3.63) is 39.8 Å². The minimum atomic E-state index is -0.661. The van der Waals surface area contributed by atoms with Crippen molar-refractivity contribution in [1.29, 1.82) is 0 Å². The van der Waals surface area contributed by atoms with E-state index < -0.39 is 10.8 Å². The first-order valence-corrected chi connectivity index (χ1v) is 6.14. The number of pyridine rings is 1. The number of nitrogens with one attached hydrogen (secondary N) is 2. The largest absolute Gasteiger partial charge is 0.370 e. The molecule has 9 heteroatoms. The van der Waals surface area contributed by atoms with Gasteiger partial charge >= 0.3 is 0 Å². The lowest BCUT2D eigenvalue weighted by atomic mass is 10.2. The van der Waals surface area contributed by atoms with Crippen LogP contribution in [0.2, 0.25) is 0 Å². The highest BCUT2D eigenvalue weighted by Crippen LogP contribution is 2.21. The molecule has 0 aliphatic rings. The Morgan fingerprint density at radius 2 is 2.19 bits per heavy atom. The van der Waals surface area contributed by atoms with Crippen LogP contribution < -0.4 is 10.6 Å². The molecule has 0 aliphatic carbocycles. The van der Waals surface area contributed by atoms with E-state index in [1.54, 1.807) is 6.92 Å². The second-order valence-electron chi connectivity index (χ2n) is 4.15. The van der Waals surface area contributed by atoms with Gasteiger partial charge in [-0.05, 0) is 13.8 Å². The number of amides is 1. The van der Waals surface area contributed by atoms with Gasteiger partial charge in [0.1, 0.15) is 23.3 Å². The van der Waals surface area contributed by atoms with Gasteiger partial charge in [0.2, 0.25) is 0 Å². The van der Waals surface area contributed by atoms with Crippen LogP contribution in [-0.2, 0) is 0 Å². The first kappa shape index (κ1) is 14.4. The Balaban J connectivity index is 2.32. The first-order valence-electron chi connectivity index (χ1n) is 6.14. The Morgan fingerprint density at radius 1 is 1.43 bits per heavy atom. The third-order valence-corrected chi connectivity index (χ3v) is 2.55. The molecular formula is C12H13N5O4. The van der Waals surface area contributed by atoms with Crippen LogP contribution in [0, 0.1) is 17.0 Å². The minimum Gasteiger partial charge on any atom is -0.370 e. The maximum absolute atomic E-state index is 12.2. The fraction of sp³-hybridized carbons (Fsp3) is 0.250. The molecule has 0 fully saturated rings. The van der Waals surface area contributed by atoms with Gasteiger partial charge < -0.3 is 15.2 Å². The summed E-state index contributed by atoms with van der Waals surface area (Å²) in [6.45, 7) is 4.09. The Labute approximate surface area is 119 Å². The van der Waals surface area contributed by atoms with Crippen molar-refractivity contribution < 1.29 is 14.2 Å². The van der Waals surface area contributed by atoms with Gasteiger partial charge in [0, 0.05) is 18.7 Å². The molecule has 110 valence electrons. The van der Waals surface area contributed by atoms with Crippen LogP contribution in [0.1, 0.15) is 23.0 Å². The molecule has 9 nitrogen and oxygen atoms in total. The van der Waals surface area contributed by atoms with Crippen LogP contribution in [0.3, 0.4) is 0 Å². The molecular weight excluding hydrogens is 278 g/mol. The fourth-order valence-electron chi connectivity index (χ4n) is 1.66. The van der Waals surface area contributed by atoms with Gasteiger partial charge in [-0.15, -0.1) is 0 Å². The van der Waals surface area contributed by atoms with Crippen molar-refractivity contribution in [3.63, 3.8) is 0 Å². The predicted molar refractivity (Wildman–Crippen MR) is 74.2 cm³/mol. The van der Waals surface area contributed by atoms with E-state index in [1.807, 2.05) is 6.92 Å². The lowest BCUT2D eigenvalue weighted by Crippen LogP contribution is -2.15. The third-order valence-electron chi connectivity index (χ3n) is 2.55. The Bertz CT molecular complexity index is 682. The number of rotatable bonds is 5. The zero-order chi connectivity index (χ0) is 15.4. The summed E-state index contributed by atoms with van der Waals surface area (Å²) in [6, 6.07) is 2.83. The number of aryl methyl sites for hydroxylation is 1. The molecule has 0 unspecified atom stereocenters. The molecule has 2 heterocycles. The molecule has 0 atom stereocenters. The second-order valence-corrected chi connectivity index (χ2v) is 4.15. The van der Waals surface area contributed by atoms with Crippen molar-refractivity contribution in [1.82, 2.24) is 10.1 Å². The Morgan fingerprint density at radius 3 is 2.76 bits per heavy atom. The number of hydrogen-bond acceptors (Lipinski definition) is 7. The zero-order valence-electron chi connectivity index (χ0n) is 11.4. The van der Waals surface area contributed by atoms with Crippen molar-refractivity contribution in [2.45, 2.75) is 13.8 Å². The minimum absolute atomic E-state index is 0.105. The summed E-state index contributed by atoms with van der Waals surface area (Å²) < 4.78 is 4.82. The normalized spacial score (nSPS) is 10.2. The van der Waals surface area contributed by atoms with Gasteiger partial charge in [-0.1, -0.05) is 5.16 Å². The summed E-state index contributed by atoms with van der Waals surface area (Å²) >= 11 is 0. The molecule has 0 bridgehead atoms. The Kier molecular flexibility index (Phi) is 4.12. The van der Waals surface area contributed by atoms with E-state index >= 15 is 0 Å². The maximum Gasteiger partial charge on any atom is 0.300 e. The lowest BCUT2D eigenvalue weighted by molar-refractivity contribution is -0.385. The average Bonchev–Trinajstić information content (AvgIpc) is 2.84. The Hall–Kier alpha value is -2.97. The highest BCUT2D eigenvalue weighted by molar-refractivity contribution is 6.07. The van der Waals surface area contributed by atoms with Gasteiger partial charge in [0.25, 0.3) is 11.6 Å². The number of carbonyl (C=O) groups excluding carboxylic acids is 1. The molecule has 0 saturated heterocycles. The van der Waals surface area contributed by atoms with Crippen LogP contribution in [0.25, 0.3) is 0 Å². The van der Waals surface area contributed by atoms with E-state index in [2.05, 4.69) is 20.8 Å². The highest BCUT2D eigenvalue weighted by atomic mass is 16.6. The quantitative estimate of drug-likeness (QED) is 0.637. The molecule has 0 aliphatic heterocycles. The molecule has 1 amide bonds. The van der Waals surface area contributed by atoms with Crippen LogP contribution in [0.4, 0.5) is 17.3 Å². The SMILES string of the molecule is CCNc1cc(C(=O)Nc2cc(C)on2)c([N+](=O)[O-])cn1. The predicted octanol–water partition coefficient (Wildman–Crippen LogP) is 1.97. The standard InChI is InChI=1S/C12H13N5O4/c1-3-13-10-5-8(9(6-14-10)17(19)20)12(18)15-11-4-7(2)21-16-11/h4-6H,3H2,1-2H3,(H,13,14)(H,15,16,18). The molecule has 2 rings (SSSR count). The van der Waals surface area contributed by atoms with Gasteiger partial charge in [0.05, 0.1) is 4.92 Å². The topological polar surface area (TPSA) is 123 Å². The molecule has 0 saturated carbocycles. The van der Waals surface area contributed by atoms with E-state index in [0.717, 1.165) is 6.20 Å². The molecule has 2 aromatic rings. The van der Waals surface area contributed by atoms with Crippen molar-refractivity contribution in [3.8, 4) is 0 Å². The van der Waals surface area contributed by atoms with Gasteiger partial charge in [-0.2, -0.15) is 0 Å². The number of aromatic nitrogens is 2. The highest BCUT2D eigenvalue weighted by Gasteiger charge is 2.22. The number of nitrogens with zero attached hydrogens (tertiary/aromatic N) is 3. The molecule has 0 radical (unpaired) electrons. The van der Waals surface area contributed by atoms with Crippen molar-refractivity contribution >= 4 is 23.2 Å². The molecule has 2 N–H and O–H groups in total. The fourth-order valence-corrected chi connectivity index (χ4v) is 1.66. The van der Waals surface area contributed by atoms with E-state index in [1.165, 1.54) is 12.1 Å². The van der Waals surface area contributed by atoms with Crippen molar-refractivity contribution in [2.75, 3.05) is 17.2 Å². The van der Waals surface area contributed by atoms with Crippen LogP contribution >= 0.6 is 0 Å². The molecule has 21 heavy (non-hydrogen) atoms. The zero-order valence-corrected chi connectivity index (χ0v) is 11.4. The van der Waals surface area contributed by atoms with E-state index in [0.29, 0.717) is 18.1 Å². The van der Waals surface area contributed by atoms with Crippen LogP contribution in [0.15, 0.2) is 22.9 Å². The molecule has 0 spiro atoms. The summed E-state index contributed by atoms with van der Waals surface area (Å²) in [6.07, 6.45) is 1.04. The van der Waals surface area contributed by atoms with E-state index in [-0.39, 0.29) is 17.1 Å². The van der Waals surface area contributed by atoms with Crippen molar-refractivity contribution in [2.24, 2.45) is 0 Å². The third kappa shape index (κ3) is 3.32. The van der Waals surface area contributed by atoms with Gasteiger partial charge in [-0.25, -0.2) is 4.98 Å². The summed E-state index contributed by atoms with van der Waals surface area (Å²) in [7, 11) is 0. The summed E-state index contributed by atoms with van der Waals surface area (Å²) in [5, 5.41) is 19.9. The van der Waals surface area contributed by atoms with E-state index in [9.17, 15) is 14.9 Å². The van der Waals surface area contributed by atoms with Crippen LogP contribution in [-0.4, -0.2) is 27.5 Å². The smallest absolute Gasteiger partial charge is 0.300 e. The number of carbonyl (C=O) groups is 1. The monoisotopic (exact) mass is 291 g/mol. The first-order chi connectivity index (χ1) is 10.0. The lowest BCUT2D eigenvalue weighted by Gasteiger charge is -2.06. The summed E-state index contributed by atoms with van der Waals surface area (Å²) in [5.74, 6) is 0.428. The number of nitro groups is 1. The van der Waals surface area contributed by atoms with Gasteiger partial charge in [0.15, 0.2) is 5.82 Å². The molecule has 0 aromatic carbocycles. The van der Waals surface area contributed by atoms with Crippen LogP contribution in [0.5, 0.6) is 0 Å². The summed E-state index contributed by atoms with van der Waals surface area (Å²) in [5.41, 5.74) is -0.485. The summed E-state index contributed by atoms with van der Waals surface area (Å²) in [4.78, 5) is 26.4. The van der Waals surface area contributed by atoms with Gasteiger partial charge in [-0.3, -0.25) is 14.9 Å². The second kappa shape index (κ2) is 5.99. The maximum atomic E-state index is 12.2. The van der Waals surface area contributed by atoms with E-state index in [4.69, 9.17) is 4.52 Å². The average molecular weight is 291 g/mol. The molecule has 2 aromatic heterocycles. The number of anilines is 2. The number of hydrogen-bond donors (Lipinski definition) is 2.